The third-order valence-corrected chi connectivity index (χ3v) is 4.55. The molecule has 2 atom stereocenters. The molecule has 6 nitrogen and oxygen atoms in total. The van der Waals surface area contributed by atoms with Crippen molar-refractivity contribution in [3.8, 4) is 0 Å². The fraction of sp³-hybridized carbons (Fsp3) is 0.400. The number of carbonyl (C=O) groups is 1. The van der Waals surface area contributed by atoms with E-state index in [1.807, 2.05) is 30.3 Å². The van der Waals surface area contributed by atoms with Crippen molar-refractivity contribution in [3.05, 3.63) is 42.2 Å². The summed E-state index contributed by atoms with van der Waals surface area (Å²) in [6.07, 6.45) is 5.23. The molecule has 22 heavy (non-hydrogen) atoms. The third-order valence-electron chi connectivity index (χ3n) is 3.72. The van der Waals surface area contributed by atoms with Crippen molar-refractivity contribution in [2.75, 3.05) is 6.26 Å². The van der Waals surface area contributed by atoms with Gasteiger partial charge in [0.05, 0.1) is 16.8 Å². The average Bonchev–Trinajstić information content (AvgIpc) is 3.24. The minimum absolute atomic E-state index is 0.0424. The zero-order chi connectivity index (χ0) is 15.5. The van der Waals surface area contributed by atoms with E-state index in [1.54, 1.807) is 0 Å². The molecule has 1 aliphatic carbocycles. The Hall–Kier alpha value is -2.02. The predicted octanol–water partition coefficient (Wildman–Crippen LogP) is 1.28. The van der Waals surface area contributed by atoms with Gasteiger partial charge in [-0.1, -0.05) is 30.3 Å². The molecule has 0 saturated heterocycles. The van der Waals surface area contributed by atoms with Gasteiger partial charge in [0.2, 0.25) is 11.1 Å². The van der Waals surface area contributed by atoms with E-state index in [1.165, 1.54) is 17.2 Å². The minimum Gasteiger partial charge on any atom is -0.347 e. The van der Waals surface area contributed by atoms with Gasteiger partial charge in [-0.05, 0) is 24.3 Å². The van der Waals surface area contributed by atoms with Gasteiger partial charge in [0.25, 0.3) is 0 Å². The Morgan fingerprint density at radius 3 is 2.77 bits per heavy atom. The Bertz CT molecular complexity index is 682. The largest absolute Gasteiger partial charge is 0.347 e. The monoisotopic (exact) mass is 318 g/mol. The SMILES string of the molecule is C[S@@](=O)c1nncn1CC(=O)N[C@@H](c1ccccc1)C1CC1. The van der Waals surface area contributed by atoms with Crippen molar-refractivity contribution in [1.82, 2.24) is 20.1 Å². The maximum Gasteiger partial charge on any atom is 0.240 e. The second-order valence-corrected chi connectivity index (χ2v) is 6.76. The first kappa shape index (κ1) is 14.9. The number of amides is 1. The lowest BCUT2D eigenvalue weighted by Crippen LogP contribution is -2.33. The molecule has 0 spiro atoms. The maximum atomic E-state index is 12.3. The van der Waals surface area contributed by atoms with Crippen LogP contribution in [0.2, 0.25) is 0 Å². The Balaban J connectivity index is 1.69. The van der Waals surface area contributed by atoms with E-state index in [0.29, 0.717) is 11.1 Å². The van der Waals surface area contributed by atoms with E-state index in [9.17, 15) is 9.00 Å². The molecule has 7 heteroatoms. The third kappa shape index (κ3) is 3.41. The second kappa shape index (κ2) is 6.39. The fourth-order valence-corrected chi connectivity index (χ4v) is 3.12. The van der Waals surface area contributed by atoms with Gasteiger partial charge < -0.3 is 5.32 Å². The van der Waals surface area contributed by atoms with E-state index < -0.39 is 10.8 Å². The lowest BCUT2D eigenvalue weighted by atomic mass is 10.0. The van der Waals surface area contributed by atoms with E-state index in [4.69, 9.17) is 0 Å². The van der Waals surface area contributed by atoms with Gasteiger partial charge in [0.15, 0.2) is 0 Å². The van der Waals surface area contributed by atoms with Gasteiger partial charge in [0.1, 0.15) is 12.9 Å². The number of hydrogen-bond acceptors (Lipinski definition) is 4. The quantitative estimate of drug-likeness (QED) is 0.870. The first-order valence-corrected chi connectivity index (χ1v) is 8.76. The van der Waals surface area contributed by atoms with Crippen molar-refractivity contribution >= 4 is 16.7 Å². The van der Waals surface area contributed by atoms with Crippen LogP contribution in [0.15, 0.2) is 41.8 Å². The van der Waals surface area contributed by atoms with E-state index in [0.717, 1.165) is 18.4 Å². The summed E-state index contributed by atoms with van der Waals surface area (Å²) in [5, 5.41) is 10.9. The van der Waals surface area contributed by atoms with Crippen LogP contribution < -0.4 is 5.32 Å². The number of nitrogens with one attached hydrogen (secondary N) is 1. The van der Waals surface area contributed by atoms with Crippen LogP contribution in [0, 0.1) is 5.92 Å². The smallest absolute Gasteiger partial charge is 0.240 e. The molecule has 1 saturated carbocycles. The molecule has 0 unspecified atom stereocenters. The molecule has 0 aliphatic heterocycles. The predicted molar refractivity (Wildman–Crippen MR) is 82.4 cm³/mol. The molecular formula is C15H18N4O2S. The van der Waals surface area contributed by atoms with E-state index in [-0.39, 0.29) is 18.5 Å². The van der Waals surface area contributed by atoms with Crippen molar-refractivity contribution in [2.45, 2.75) is 30.6 Å². The molecule has 1 fully saturated rings. The molecule has 1 aromatic heterocycles. The fourth-order valence-electron chi connectivity index (χ4n) is 2.51. The molecule has 0 radical (unpaired) electrons. The van der Waals surface area contributed by atoms with Gasteiger partial charge in [-0.2, -0.15) is 0 Å². The molecule has 0 bridgehead atoms. The highest BCUT2D eigenvalue weighted by atomic mass is 32.2. The summed E-state index contributed by atoms with van der Waals surface area (Å²) in [4.78, 5) is 12.3. The number of hydrogen-bond donors (Lipinski definition) is 1. The Morgan fingerprint density at radius 2 is 2.14 bits per heavy atom. The number of rotatable bonds is 6. The standard InChI is InChI=1S/C15H18N4O2S/c1-22(21)15-18-16-10-19(15)9-13(20)17-14(12-7-8-12)11-5-3-2-4-6-11/h2-6,10,12,14H,7-9H2,1H3,(H,17,20)/t14-,22+/m0/s1. The second-order valence-electron chi connectivity index (χ2n) is 5.49. The number of carbonyl (C=O) groups excluding carboxylic acids is 1. The lowest BCUT2D eigenvalue weighted by molar-refractivity contribution is -0.122. The summed E-state index contributed by atoms with van der Waals surface area (Å²) in [6, 6.07) is 10.0. The summed E-state index contributed by atoms with van der Waals surface area (Å²) in [5.74, 6) is 0.388. The van der Waals surface area contributed by atoms with Crippen LogP contribution in [-0.4, -0.2) is 31.1 Å². The minimum atomic E-state index is -1.26. The Kier molecular flexibility index (Phi) is 4.33. The zero-order valence-corrected chi connectivity index (χ0v) is 13.1. The number of benzene rings is 1. The normalized spacial score (nSPS) is 17.0. The van der Waals surface area contributed by atoms with Gasteiger partial charge in [-0.25, -0.2) is 0 Å². The van der Waals surface area contributed by atoms with Crippen molar-refractivity contribution < 1.29 is 9.00 Å². The zero-order valence-electron chi connectivity index (χ0n) is 12.3. The molecule has 1 amide bonds. The summed E-state index contributed by atoms with van der Waals surface area (Å²) in [5.41, 5.74) is 1.13. The lowest BCUT2D eigenvalue weighted by Gasteiger charge is -2.19. The molecular weight excluding hydrogens is 300 g/mol. The maximum absolute atomic E-state index is 12.3. The first-order valence-electron chi connectivity index (χ1n) is 7.20. The highest BCUT2D eigenvalue weighted by Crippen LogP contribution is 2.40. The first-order chi connectivity index (χ1) is 10.6. The molecule has 3 rings (SSSR count). The van der Waals surface area contributed by atoms with Gasteiger partial charge >= 0.3 is 0 Å². The van der Waals surface area contributed by atoms with Crippen LogP contribution in [0.25, 0.3) is 0 Å². The van der Waals surface area contributed by atoms with Crippen LogP contribution in [0.4, 0.5) is 0 Å². The van der Waals surface area contributed by atoms with E-state index >= 15 is 0 Å². The number of aromatic nitrogens is 3. The Morgan fingerprint density at radius 1 is 1.41 bits per heavy atom. The van der Waals surface area contributed by atoms with E-state index in [2.05, 4.69) is 15.5 Å². The molecule has 1 aliphatic rings. The molecule has 1 N–H and O–H groups in total. The van der Waals surface area contributed by atoms with Crippen molar-refractivity contribution in [3.63, 3.8) is 0 Å². The number of nitrogens with zero attached hydrogens (tertiary/aromatic N) is 3. The summed E-state index contributed by atoms with van der Waals surface area (Å²) < 4.78 is 13.1. The summed E-state index contributed by atoms with van der Waals surface area (Å²) in [6.45, 7) is 0.0813. The van der Waals surface area contributed by atoms with Crippen LogP contribution in [0.1, 0.15) is 24.4 Å². The van der Waals surface area contributed by atoms with Gasteiger partial charge in [-0.3, -0.25) is 13.6 Å². The molecule has 116 valence electrons. The van der Waals surface area contributed by atoms with Gasteiger partial charge in [0, 0.05) is 6.26 Å². The molecule has 1 aromatic carbocycles. The van der Waals surface area contributed by atoms with Crippen LogP contribution in [0.5, 0.6) is 0 Å². The summed E-state index contributed by atoms with van der Waals surface area (Å²) in [7, 11) is -1.26. The summed E-state index contributed by atoms with van der Waals surface area (Å²) >= 11 is 0. The molecule has 1 heterocycles. The highest BCUT2D eigenvalue weighted by Gasteiger charge is 2.33. The van der Waals surface area contributed by atoms with Crippen molar-refractivity contribution in [2.24, 2.45) is 5.92 Å². The van der Waals surface area contributed by atoms with Crippen LogP contribution in [0.3, 0.4) is 0 Å². The highest BCUT2D eigenvalue weighted by molar-refractivity contribution is 7.84. The topological polar surface area (TPSA) is 76.9 Å². The Labute approximate surface area is 131 Å². The van der Waals surface area contributed by atoms with Gasteiger partial charge in [-0.15, -0.1) is 10.2 Å². The van der Waals surface area contributed by atoms with Crippen LogP contribution >= 0.6 is 0 Å². The molecule has 2 aromatic rings. The van der Waals surface area contributed by atoms with Crippen molar-refractivity contribution in [1.29, 1.82) is 0 Å². The van der Waals surface area contributed by atoms with Crippen LogP contribution in [-0.2, 0) is 22.1 Å². The average molecular weight is 318 g/mol.